The third-order valence-electron chi connectivity index (χ3n) is 5.53. The van der Waals surface area contributed by atoms with E-state index in [2.05, 4.69) is 46.8 Å². The lowest BCUT2D eigenvalue weighted by Crippen LogP contribution is -2.38. The monoisotopic (exact) mass is 422 g/mol. The highest BCUT2D eigenvalue weighted by atomic mass is 16.5. The van der Waals surface area contributed by atoms with Crippen molar-refractivity contribution in [2.24, 2.45) is 4.99 Å². The summed E-state index contributed by atoms with van der Waals surface area (Å²) in [6.45, 7) is 5.73. The summed E-state index contributed by atoms with van der Waals surface area (Å²) < 4.78 is 5.90. The number of ether oxygens (including phenoxy) is 1. The van der Waals surface area contributed by atoms with E-state index in [4.69, 9.17) is 4.74 Å². The molecule has 0 saturated carbocycles. The Hall–Kier alpha value is -2.86. The molecule has 1 aliphatic rings. The Labute approximate surface area is 185 Å². The number of carbonyl (C=O) groups is 1. The lowest BCUT2D eigenvalue weighted by molar-refractivity contribution is -0.131. The van der Waals surface area contributed by atoms with Crippen LogP contribution < -0.4 is 10.6 Å². The van der Waals surface area contributed by atoms with Gasteiger partial charge in [0.05, 0.1) is 6.10 Å². The molecule has 1 heterocycles. The number of benzene rings is 2. The van der Waals surface area contributed by atoms with Gasteiger partial charge in [-0.3, -0.25) is 9.79 Å². The first-order chi connectivity index (χ1) is 15.2. The number of aliphatic imine (C=N–C) groups is 1. The van der Waals surface area contributed by atoms with Crippen molar-refractivity contribution in [1.82, 2.24) is 15.5 Å². The molecule has 31 heavy (non-hydrogen) atoms. The molecular formula is C25H34N4O2. The molecule has 6 heteroatoms. The zero-order chi connectivity index (χ0) is 21.9. The highest BCUT2D eigenvalue weighted by Gasteiger charge is 2.22. The van der Waals surface area contributed by atoms with E-state index >= 15 is 0 Å². The second kappa shape index (κ2) is 12.1. The number of guanidine groups is 1. The fourth-order valence-electron chi connectivity index (χ4n) is 3.69. The van der Waals surface area contributed by atoms with Crippen molar-refractivity contribution in [3.05, 3.63) is 71.3 Å². The lowest BCUT2D eigenvalue weighted by atomic mass is 10.1. The van der Waals surface area contributed by atoms with Gasteiger partial charge in [-0.05, 0) is 36.5 Å². The number of carbonyl (C=O) groups excluding carboxylic acids is 1. The molecule has 1 amide bonds. The molecule has 0 saturated heterocycles. The third-order valence-corrected chi connectivity index (χ3v) is 5.53. The molecule has 0 spiro atoms. The van der Waals surface area contributed by atoms with E-state index in [-0.39, 0.29) is 12.0 Å². The third kappa shape index (κ3) is 7.10. The van der Waals surface area contributed by atoms with Gasteiger partial charge in [0, 0.05) is 46.3 Å². The second-order valence-corrected chi connectivity index (χ2v) is 7.83. The van der Waals surface area contributed by atoms with Crippen LogP contribution in [0.3, 0.4) is 0 Å². The van der Waals surface area contributed by atoms with Gasteiger partial charge < -0.3 is 20.3 Å². The Morgan fingerprint density at radius 2 is 1.61 bits per heavy atom. The summed E-state index contributed by atoms with van der Waals surface area (Å²) in [6, 6.07) is 18.5. The number of nitrogens with one attached hydrogen (secondary N) is 2. The molecule has 1 aliphatic heterocycles. The molecule has 0 fully saturated rings. The first kappa shape index (κ1) is 22.8. The Bertz CT molecular complexity index is 829. The van der Waals surface area contributed by atoms with Crippen molar-refractivity contribution >= 4 is 11.9 Å². The summed E-state index contributed by atoms with van der Waals surface area (Å²) in [5.41, 5.74) is 3.72. The number of hydrogen-bond acceptors (Lipinski definition) is 3. The fourth-order valence-corrected chi connectivity index (χ4v) is 3.69. The van der Waals surface area contributed by atoms with Crippen molar-refractivity contribution in [2.75, 3.05) is 26.7 Å². The standard InChI is InChI=1S/C25H34N4O2/c1-20(21-10-4-3-5-11-21)31-17-9-16-28-25(26-2)27-15-8-14-24(30)29-18-22-12-6-7-13-23(22)19-29/h3-7,10-13,20H,8-9,14-19H2,1-2H3,(H2,26,27,28). The molecule has 0 aliphatic carbocycles. The van der Waals surface area contributed by atoms with Crippen LogP contribution in [0, 0.1) is 0 Å². The molecule has 1 unspecified atom stereocenters. The maximum absolute atomic E-state index is 12.5. The number of amides is 1. The van der Waals surface area contributed by atoms with Crippen LogP contribution in [0.15, 0.2) is 59.6 Å². The first-order valence-electron chi connectivity index (χ1n) is 11.1. The summed E-state index contributed by atoms with van der Waals surface area (Å²) in [4.78, 5) is 18.7. The fraction of sp³-hybridized carbons (Fsp3) is 0.440. The van der Waals surface area contributed by atoms with Gasteiger partial charge >= 0.3 is 0 Å². The van der Waals surface area contributed by atoms with Crippen molar-refractivity contribution in [2.45, 2.75) is 45.4 Å². The van der Waals surface area contributed by atoms with Crippen LogP contribution in [-0.4, -0.2) is 43.5 Å². The number of hydrogen-bond donors (Lipinski definition) is 2. The van der Waals surface area contributed by atoms with Crippen LogP contribution in [0.2, 0.25) is 0 Å². The van der Waals surface area contributed by atoms with Gasteiger partial charge in [-0.2, -0.15) is 0 Å². The Kier molecular flexibility index (Phi) is 8.91. The van der Waals surface area contributed by atoms with Crippen LogP contribution in [0.25, 0.3) is 0 Å². The topological polar surface area (TPSA) is 66.0 Å². The summed E-state index contributed by atoms with van der Waals surface area (Å²) in [6.07, 6.45) is 2.32. The second-order valence-electron chi connectivity index (χ2n) is 7.83. The predicted molar refractivity (Wildman–Crippen MR) is 125 cm³/mol. The van der Waals surface area contributed by atoms with E-state index < -0.39 is 0 Å². The van der Waals surface area contributed by atoms with Crippen molar-refractivity contribution in [3.63, 3.8) is 0 Å². The molecular weight excluding hydrogens is 388 g/mol. The average molecular weight is 423 g/mol. The van der Waals surface area contributed by atoms with E-state index in [1.165, 1.54) is 16.7 Å². The zero-order valence-corrected chi connectivity index (χ0v) is 18.6. The van der Waals surface area contributed by atoms with Crippen molar-refractivity contribution in [1.29, 1.82) is 0 Å². The zero-order valence-electron chi connectivity index (χ0n) is 18.6. The minimum Gasteiger partial charge on any atom is -0.374 e. The van der Waals surface area contributed by atoms with Crippen molar-refractivity contribution < 1.29 is 9.53 Å². The summed E-state index contributed by atoms with van der Waals surface area (Å²) >= 11 is 0. The average Bonchev–Trinajstić information content (AvgIpc) is 3.25. The SMILES string of the molecule is CN=C(NCCCOC(C)c1ccccc1)NCCCC(=O)N1Cc2ccccc2C1. The molecule has 6 nitrogen and oxygen atoms in total. The molecule has 3 rings (SSSR count). The Morgan fingerprint density at radius 3 is 2.26 bits per heavy atom. The quantitative estimate of drug-likeness (QED) is 0.349. The van der Waals surface area contributed by atoms with Gasteiger partial charge in [0.25, 0.3) is 0 Å². The van der Waals surface area contributed by atoms with Gasteiger partial charge in [-0.15, -0.1) is 0 Å². The molecule has 1 atom stereocenters. The van der Waals surface area contributed by atoms with Gasteiger partial charge in [0.15, 0.2) is 5.96 Å². The smallest absolute Gasteiger partial charge is 0.223 e. The summed E-state index contributed by atoms with van der Waals surface area (Å²) in [5.74, 6) is 0.975. The van der Waals surface area contributed by atoms with Crippen LogP contribution in [0.1, 0.15) is 49.0 Å². The predicted octanol–water partition coefficient (Wildman–Crippen LogP) is 3.64. The maximum atomic E-state index is 12.5. The molecule has 166 valence electrons. The summed E-state index contributed by atoms with van der Waals surface area (Å²) in [5, 5.41) is 6.59. The minimum atomic E-state index is 0.0968. The molecule has 0 radical (unpaired) electrons. The summed E-state index contributed by atoms with van der Waals surface area (Å²) in [7, 11) is 1.76. The molecule has 0 bridgehead atoms. The van der Waals surface area contributed by atoms with Gasteiger partial charge in [-0.25, -0.2) is 0 Å². The van der Waals surface area contributed by atoms with E-state index in [1.54, 1.807) is 7.05 Å². The van der Waals surface area contributed by atoms with Crippen LogP contribution >= 0.6 is 0 Å². The molecule has 2 N–H and O–H groups in total. The van der Waals surface area contributed by atoms with E-state index in [9.17, 15) is 4.79 Å². The molecule has 2 aromatic rings. The maximum Gasteiger partial charge on any atom is 0.223 e. The lowest BCUT2D eigenvalue weighted by Gasteiger charge is -2.16. The number of nitrogens with zero attached hydrogens (tertiary/aromatic N) is 2. The van der Waals surface area contributed by atoms with Gasteiger partial charge in [0.1, 0.15) is 0 Å². The number of rotatable bonds is 10. The molecule has 0 aromatic heterocycles. The molecule has 2 aromatic carbocycles. The van der Waals surface area contributed by atoms with Gasteiger partial charge in [-0.1, -0.05) is 54.6 Å². The van der Waals surface area contributed by atoms with E-state index in [1.807, 2.05) is 35.2 Å². The number of fused-ring (bicyclic) bond motifs is 1. The highest BCUT2D eigenvalue weighted by molar-refractivity contribution is 5.80. The van der Waals surface area contributed by atoms with Crippen molar-refractivity contribution in [3.8, 4) is 0 Å². The van der Waals surface area contributed by atoms with Crippen LogP contribution in [-0.2, 0) is 22.6 Å². The first-order valence-corrected chi connectivity index (χ1v) is 11.1. The highest BCUT2D eigenvalue weighted by Crippen LogP contribution is 2.22. The van der Waals surface area contributed by atoms with E-state index in [0.717, 1.165) is 38.4 Å². The normalized spacial score (nSPS) is 14.3. The van der Waals surface area contributed by atoms with Crippen LogP contribution in [0.4, 0.5) is 0 Å². The Balaban J connectivity index is 1.24. The Morgan fingerprint density at radius 1 is 1.00 bits per heavy atom. The van der Waals surface area contributed by atoms with E-state index in [0.29, 0.717) is 19.6 Å². The van der Waals surface area contributed by atoms with Gasteiger partial charge in [0.2, 0.25) is 5.91 Å². The largest absolute Gasteiger partial charge is 0.374 e. The minimum absolute atomic E-state index is 0.0968. The van der Waals surface area contributed by atoms with Crippen LogP contribution in [0.5, 0.6) is 0 Å².